The van der Waals surface area contributed by atoms with E-state index in [-0.39, 0.29) is 23.5 Å². The maximum Gasteiger partial charge on any atom is 0.307 e. The third-order valence-electron chi connectivity index (χ3n) is 5.63. The number of anilines is 1. The number of esters is 1. The number of sulfonamides is 1. The molecule has 0 radical (unpaired) electrons. The summed E-state index contributed by atoms with van der Waals surface area (Å²) in [6.07, 6.45) is -1.44. The molecular formula is C23H29FN2O5S. The Morgan fingerprint density at radius 2 is 1.50 bits per heavy atom. The molecule has 0 aliphatic heterocycles. The lowest BCUT2D eigenvalue weighted by atomic mass is 9.95. The molecule has 9 heteroatoms. The number of hydrogen-bond donors (Lipinski definition) is 2. The smallest absolute Gasteiger partial charge is 0.307 e. The molecule has 2 rings (SSSR count). The third-order valence-corrected chi connectivity index (χ3v) is 7.36. The summed E-state index contributed by atoms with van der Waals surface area (Å²) in [5.74, 6) is -2.06. The van der Waals surface area contributed by atoms with Gasteiger partial charge in [-0.25, -0.2) is 17.5 Å². The van der Waals surface area contributed by atoms with Crippen LogP contribution >= 0.6 is 0 Å². The first-order valence-corrected chi connectivity index (χ1v) is 11.7. The fourth-order valence-corrected chi connectivity index (χ4v) is 4.96. The molecule has 0 aliphatic rings. The lowest BCUT2D eigenvalue weighted by molar-refractivity contribution is -0.152. The van der Waals surface area contributed by atoms with Crippen molar-refractivity contribution >= 4 is 27.6 Å². The molecule has 1 unspecified atom stereocenters. The zero-order valence-electron chi connectivity index (χ0n) is 19.1. The van der Waals surface area contributed by atoms with Gasteiger partial charge in [-0.15, -0.1) is 0 Å². The number of nitrogens with one attached hydrogen (secondary N) is 2. The van der Waals surface area contributed by atoms with E-state index in [9.17, 15) is 22.4 Å². The van der Waals surface area contributed by atoms with Gasteiger partial charge in [0.2, 0.25) is 10.0 Å². The molecule has 0 heterocycles. The van der Waals surface area contributed by atoms with E-state index in [1.54, 1.807) is 19.9 Å². The molecule has 2 N–H and O–H groups in total. The Bertz CT molecular complexity index is 1120. The molecule has 0 aliphatic carbocycles. The summed E-state index contributed by atoms with van der Waals surface area (Å²) in [6, 6.07) is 5.62. The molecule has 1 atom stereocenters. The number of carbonyl (C=O) groups excluding carboxylic acids is 2. The first-order chi connectivity index (χ1) is 14.9. The Kier molecular flexibility index (Phi) is 8.14. The molecule has 2 aromatic rings. The highest BCUT2D eigenvalue weighted by Crippen LogP contribution is 2.29. The summed E-state index contributed by atoms with van der Waals surface area (Å²) in [5.41, 5.74) is 4.16. The highest BCUT2D eigenvalue weighted by atomic mass is 32.2. The van der Waals surface area contributed by atoms with Gasteiger partial charge in [0.15, 0.2) is 6.10 Å². The van der Waals surface area contributed by atoms with Gasteiger partial charge in [0.1, 0.15) is 5.82 Å². The van der Waals surface area contributed by atoms with Crippen molar-refractivity contribution in [3.05, 3.63) is 57.9 Å². The third kappa shape index (κ3) is 5.72. The van der Waals surface area contributed by atoms with Gasteiger partial charge < -0.3 is 10.1 Å². The molecule has 174 valence electrons. The van der Waals surface area contributed by atoms with E-state index < -0.39 is 33.8 Å². The van der Waals surface area contributed by atoms with Gasteiger partial charge in [-0.1, -0.05) is 12.1 Å². The van der Waals surface area contributed by atoms with Gasteiger partial charge in [0, 0.05) is 6.54 Å². The molecule has 0 bridgehead atoms. The molecule has 0 saturated carbocycles. The molecular weight excluding hydrogens is 435 g/mol. The van der Waals surface area contributed by atoms with E-state index in [1.807, 2.05) is 20.8 Å². The van der Waals surface area contributed by atoms with Gasteiger partial charge in [0.25, 0.3) is 5.91 Å². The number of carbonyl (C=O) groups is 2. The minimum absolute atomic E-state index is 0.0254. The lowest BCUT2D eigenvalue weighted by Gasteiger charge is -2.19. The first-order valence-electron chi connectivity index (χ1n) is 10.2. The summed E-state index contributed by atoms with van der Waals surface area (Å²) < 4.78 is 46.9. The summed E-state index contributed by atoms with van der Waals surface area (Å²) >= 11 is 0. The summed E-state index contributed by atoms with van der Waals surface area (Å²) in [4.78, 5) is 24.4. The Morgan fingerprint density at radius 3 is 2.06 bits per heavy atom. The number of amides is 1. The second-order valence-corrected chi connectivity index (χ2v) is 9.41. The van der Waals surface area contributed by atoms with Crippen LogP contribution in [0.5, 0.6) is 0 Å². The summed E-state index contributed by atoms with van der Waals surface area (Å²) in [6.45, 7) is 10.4. The molecule has 0 aromatic heterocycles. The predicted molar refractivity (Wildman–Crippen MR) is 121 cm³/mol. The predicted octanol–water partition coefficient (Wildman–Crippen LogP) is 3.61. The summed E-state index contributed by atoms with van der Waals surface area (Å²) in [7, 11) is -3.85. The lowest BCUT2D eigenvalue weighted by Crippen LogP contribution is -2.32. The van der Waals surface area contributed by atoms with Gasteiger partial charge in [-0.05, 0) is 81.5 Å². The SMILES string of the molecule is Cc1c(C)c(C)c(S(=O)(=O)NCCC(=O)OC(C)C(=O)Nc2ccccc2F)c(C)c1C. The number of ether oxygens (including phenoxy) is 1. The standard InChI is InChI=1S/C23H29FN2O5S/c1-13-14(2)16(4)22(17(5)15(13)3)32(29,30)25-12-11-21(27)31-18(6)23(28)26-20-10-8-7-9-19(20)24/h7-10,18,25H,11-12H2,1-6H3,(H,26,28). The van der Waals surface area contributed by atoms with E-state index in [1.165, 1.54) is 25.1 Å². The van der Waals surface area contributed by atoms with Crippen LogP contribution in [0.3, 0.4) is 0 Å². The zero-order chi connectivity index (χ0) is 24.2. The maximum atomic E-state index is 13.6. The van der Waals surface area contributed by atoms with Crippen molar-refractivity contribution in [2.75, 3.05) is 11.9 Å². The fraction of sp³-hybridized carbons (Fsp3) is 0.391. The monoisotopic (exact) mass is 464 g/mol. The van der Waals surface area contributed by atoms with E-state index in [4.69, 9.17) is 4.74 Å². The quantitative estimate of drug-likeness (QED) is 0.581. The van der Waals surface area contributed by atoms with Gasteiger partial charge >= 0.3 is 5.97 Å². The molecule has 0 spiro atoms. The van der Waals surface area contributed by atoms with Crippen LogP contribution < -0.4 is 10.0 Å². The number of para-hydroxylation sites is 1. The van der Waals surface area contributed by atoms with Crippen LogP contribution in [-0.2, 0) is 24.3 Å². The first kappa shape index (κ1) is 25.5. The highest BCUT2D eigenvalue weighted by Gasteiger charge is 2.24. The largest absolute Gasteiger partial charge is 0.452 e. The van der Waals surface area contributed by atoms with Crippen molar-refractivity contribution in [1.29, 1.82) is 0 Å². The van der Waals surface area contributed by atoms with Gasteiger partial charge in [0.05, 0.1) is 17.0 Å². The maximum absolute atomic E-state index is 13.6. The van der Waals surface area contributed by atoms with Crippen LogP contribution in [0, 0.1) is 40.4 Å². The Balaban J connectivity index is 1.96. The molecule has 0 fully saturated rings. The van der Waals surface area contributed by atoms with Crippen molar-refractivity contribution in [2.24, 2.45) is 0 Å². The number of halogens is 1. The van der Waals surface area contributed by atoms with Crippen molar-refractivity contribution in [3.8, 4) is 0 Å². The van der Waals surface area contributed by atoms with Crippen LogP contribution in [0.25, 0.3) is 0 Å². The summed E-state index contributed by atoms with van der Waals surface area (Å²) in [5, 5.41) is 2.34. The Hall–Kier alpha value is -2.78. The topological polar surface area (TPSA) is 102 Å². The molecule has 32 heavy (non-hydrogen) atoms. The molecule has 0 saturated heterocycles. The molecule has 7 nitrogen and oxygen atoms in total. The normalized spacial score (nSPS) is 12.3. The minimum Gasteiger partial charge on any atom is -0.452 e. The fourth-order valence-electron chi connectivity index (χ4n) is 3.33. The van der Waals surface area contributed by atoms with Crippen LogP contribution in [0.15, 0.2) is 29.2 Å². The Morgan fingerprint density at radius 1 is 0.969 bits per heavy atom. The van der Waals surface area contributed by atoms with E-state index in [2.05, 4.69) is 10.0 Å². The van der Waals surface area contributed by atoms with Crippen LogP contribution in [-0.4, -0.2) is 32.9 Å². The second-order valence-electron chi connectivity index (χ2n) is 7.70. The average Bonchev–Trinajstić information content (AvgIpc) is 2.72. The average molecular weight is 465 g/mol. The number of rotatable bonds is 8. The number of benzene rings is 2. The minimum atomic E-state index is -3.85. The Labute approximate surface area is 188 Å². The second kappa shape index (κ2) is 10.2. The van der Waals surface area contributed by atoms with Crippen molar-refractivity contribution in [2.45, 2.75) is 59.0 Å². The van der Waals surface area contributed by atoms with Crippen LogP contribution in [0.4, 0.5) is 10.1 Å². The van der Waals surface area contributed by atoms with E-state index >= 15 is 0 Å². The molecule has 2 aromatic carbocycles. The van der Waals surface area contributed by atoms with Gasteiger partial charge in [-0.3, -0.25) is 9.59 Å². The van der Waals surface area contributed by atoms with Crippen LogP contribution in [0.1, 0.15) is 41.2 Å². The number of hydrogen-bond acceptors (Lipinski definition) is 5. The molecule has 1 amide bonds. The zero-order valence-corrected chi connectivity index (χ0v) is 19.9. The van der Waals surface area contributed by atoms with Gasteiger partial charge in [-0.2, -0.15) is 0 Å². The van der Waals surface area contributed by atoms with Crippen molar-refractivity contribution in [3.63, 3.8) is 0 Å². The van der Waals surface area contributed by atoms with Crippen LogP contribution in [0.2, 0.25) is 0 Å². The van der Waals surface area contributed by atoms with E-state index in [0.717, 1.165) is 16.7 Å². The van der Waals surface area contributed by atoms with Crippen molar-refractivity contribution in [1.82, 2.24) is 4.72 Å². The highest BCUT2D eigenvalue weighted by molar-refractivity contribution is 7.89. The van der Waals surface area contributed by atoms with Crippen molar-refractivity contribution < 1.29 is 27.1 Å². The van der Waals surface area contributed by atoms with E-state index in [0.29, 0.717) is 11.1 Å².